The average Bonchev–Trinajstić information content (AvgIpc) is 2.92. The molecule has 0 fully saturated rings. The van der Waals surface area contributed by atoms with Crippen LogP contribution in [0.1, 0.15) is 24.0 Å². The smallest absolute Gasteiger partial charge is 0.336 e. The Bertz CT molecular complexity index is 577. The molecule has 0 bridgehead atoms. The zero-order valence-corrected chi connectivity index (χ0v) is 9.91. The molecule has 4 nitrogen and oxygen atoms in total. The molecule has 0 aliphatic heterocycles. The zero-order valence-electron chi connectivity index (χ0n) is 9.91. The van der Waals surface area contributed by atoms with Crippen molar-refractivity contribution >= 4 is 5.97 Å². The van der Waals surface area contributed by atoms with Gasteiger partial charge < -0.3 is 5.11 Å². The summed E-state index contributed by atoms with van der Waals surface area (Å²) in [6.45, 7) is 0. The third-order valence-corrected chi connectivity index (χ3v) is 3.70. The van der Waals surface area contributed by atoms with Gasteiger partial charge in [-0.2, -0.15) is 5.10 Å². The van der Waals surface area contributed by atoms with Gasteiger partial charge in [0.2, 0.25) is 0 Å². The van der Waals surface area contributed by atoms with Gasteiger partial charge in [-0.25, -0.2) is 4.79 Å². The highest BCUT2D eigenvalue weighted by atomic mass is 16.4. The second-order valence-corrected chi connectivity index (χ2v) is 4.63. The van der Waals surface area contributed by atoms with Crippen molar-refractivity contribution in [2.45, 2.75) is 24.8 Å². The van der Waals surface area contributed by atoms with Crippen LogP contribution in [-0.2, 0) is 16.8 Å². The van der Waals surface area contributed by atoms with Crippen LogP contribution in [0, 0.1) is 0 Å². The van der Waals surface area contributed by atoms with E-state index in [0.717, 1.165) is 24.0 Å². The number of aryl methyl sites for hydroxylation is 1. The second-order valence-electron chi connectivity index (χ2n) is 4.63. The van der Waals surface area contributed by atoms with Gasteiger partial charge in [0.15, 0.2) is 5.54 Å². The van der Waals surface area contributed by atoms with Gasteiger partial charge in [-0.1, -0.05) is 24.3 Å². The van der Waals surface area contributed by atoms with Gasteiger partial charge in [0.25, 0.3) is 0 Å². The Balaban J connectivity index is 2.27. The van der Waals surface area contributed by atoms with Crippen molar-refractivity contribution in [3.05, 3.63) is 53.9 Å². The quantitative estimate of drug-likeness (QED) is 0.876. The van der Waals surface area contributed by atoms with Crippen LogP contribution in [0.15, 0.2) is 42.7 Å². The van der Waals surface area contributed by atoms with E-state index in [1.54, 1.807) is 23.1 Å². The predicted molar refractivity (Wildman–Crippen MR) is 66.3 cm³/mol. The van der Waals surface area contributed by atoms with Crippen molar-refractivity contribution < 1.29 is 9.90 Å². The summed E-state index contributed by atoms with van der Waals surface area (Å²) in [5.74, 6) is -0.835. The molecule has 4 heteroatoms. The Kier molecular flexibility index (Phi) is 2.44. The molecule has 1 aromatic heterocycles. The molecule has 0 amide bonds. The van der Waals surface area contributed by atoms with Gasteiger partial charge in [-0.05, 0) is 36.5 Å². The number of carboxylic acid groups (broad SMARTS) is 1. The van der Waals surface area contributed by atoms with E-state index >= 15 is 0 Å². The lowest BCUT2D eigenvalue weighted by molar-refractivity contribution is -0.146. The first kappa shape index (κ1) is 11.0. The predicted octanol–water partition coefficient (Wildman–Crippen LogP) is 2.05. The van der Waals surface area contributed by atoms with Crippen molar-refractivity contribution in [1.82, 2.24) is 9.78 Å². The van der Waals surface area contributed by atoms with E-state index in [0.29, 0.717) is 6.42 Å². The molecule has 1 heterocycles. The van der Waals surface area contributed by atoms with Crippen molar-refractivity contribution in [1.29, 1.82) is 0 Å². The lowest BCUT2D eigenvalue weighted by Crippen LogP contribution is -2.46. The summed E-state index contributed by atoms with van der Waals surface area (Å²) in [7, 11) is 0. The fraction of sp³-hybridized carbons (Fsp3) is 0.286. The summed E-state index contributed by atoms with van der Waals surface area (Å²) < 4.78 is 1.58. The lowest BCUT2D eigenvalue weighted by Gasteiger charge is -2.35. The van der Waals surface area contributed by atoms with Gasteiger partial charge in [0, 0.05) is 12.4 Å². The van der Waals surface area contributed by atoms with Crippen LogP contribution >= 0.6 is 0 Å². The highest BCUT2D eigenvalue weighted by Crippen LogP contribution is 2.38. The topological polar surface area (TPSA) is 55.1 Å². The number of aromatic nitrogens is 2. The highest BCUT2D eigenvalue weighted by Gasteiger charge is 2.45. The number of carboxylic acids is 1. The van der Waals surface area contributed by atoms with Gasteiger partial charge in [-0.15, -0.1) is 0 Å². The third-order valence-electron chi connectivity index (χ3n) is 3.70. The molecule has 18 heavy (non-hydrogen) atoms. The Morgan fingerprint density at radius 1 is 1.33 bits per heavy atom. The Labute approximate surface area is 105 Å². The van der Waals surface area contributed by atoms with E-state index in [1.807, 2.05) is 24.3 Å². The molecule has 0 spiro atoms. The number of aliphatic carboxylic acids is 1. The molecule has 0 saturated heterocycles. The molecule has 1 N–H and O–H groups in total. The maximum atomic E-state index is 11.9. The molecule has 1 aliphatic rings. The number of fused-ring (bicyclic) bond motifs is 1. The van der Waals surface area contributed by atoms with Crippen molar-refractivity contribution in [3.63, 3.8) is 0 Å². The monoisotopic (exact) mass is 242 g/mol. The van der Waals surface area contributed by atoms with Crippen LogP contribution in [-0.4, -0.2) is 20.9 Å². The molecule has 1 aromatic carbocycles. The normalized spacial score (nSPS) is 22.4. The van der Waals surface area contributed by atoms with Crippen LogP contribution in [0.2, 0.25) is 0 Å². The fourth-order valence-electron chi connectivity index (χ4n) is 2.86. The third kappa shape index (κ3) is 1.38. The first-order chi connectivity index (χ1) is 8.75. The number of nitrogens with zero attached hydrogens (tertiary/aromatic N) is 2. The summed E-state index contributed by atoms with van der Waals surface area (Å²) in [5, 5.41) is 13.9. The molecule has 1 unspecified atom stereocenters. The van der Waals surface area contributed by atoms with E-state index in [4.69, 9.17) is 0 Å². The van der Waals surface area contributed by atoms with Crippen LogP contribution in [0.4, 0.5) is 0 Å². The Hall–Kier alpha value is -2.10. The summed E-state index contributed by atoms with van der Waals surface area (Å²) in [6.07, 6.45) is 5.74. The van der Waals surface area contributed by atoms with Gasteiger partial charge in [0.05, 0.1) is 0 Å². The fourth-order valence-corrected chi connectivity index (χ4v) is 2.86. The van der Waals surface area contributed by atoms with Crippen molar-refractivity contribution in [2.75, 3.05) is 0 Å². The maximum absolute atomic E-state index is 11.9. The van der Waals surface area contributed by atoms with Gasteiger partial charge >= 0.3 is 5.97 Å². The minimum atomic E-state index is -1.04. The molecule has 3 rings (SSSR count). The van der Waals surface area contributed by atoms with Gasteiger partial charge in [0.1, 0.15) is 0 Å². The van der Waals surface area contributed by atoms with E-state index in [-0.39, 0.29) is 0 Å². The first-order valence-corrected chi connectivity index (χ1v) is 6.07. The summed E-state index contributed by atoms with van der Waals surface area (Å²) in [4.78, 5) is 11.9. The molecular weight excluding hydrogens is 228 g/mol. The largest absolute Gasteiger partial charge is 0.479 e. The van der Waals surface area contributed by atoms with Crippen LogP contribution in [0.3, 0.4) is 0 Å². The minimum Gasteiger partial charge on any atom is -0.479 e. The summed E-state index contributed by atoms with van der Waals surface area (Å²) in [5.41, 5.74) is 0.937. The SMILES string of the molecule is O=C(O)C1(n2cccn2)CCCc2ccccc21. The maximum Gasteiger partial charge on any atom is 0.336 e. The average molecular weight is 242 g/mol. The summed E-state index contributed by atoms with van der Waals surface area (Å²) in [6, 6.07) is 9.53. The number of carbonyl (C=O) groups is 1. The van der Waals surface area contributed by atoms with E-state index in [9.17, 15) is 9.90 Å². The standard InChI is InChI=1S/C14H14N2O2/c17-13(18)14(16-10-4-9-15-16)8-3-6-11-5-1-2-7-12(11)14/h1-2,4-5,7,9-10H,3,6,8H2,(H,17,18). The Morgan fingerprint density at radius 2 is 2.17 bits per heavy atom. The van der Waals surface area contributed by atoms with Crippen LogP contribution in [0.5, 0.6) is 0 Å². The molecular formula is C14H14N2O2. The molecule has 0 saturated carbocycles. The minimum absolute atomic E-state index is 0.584. The molecule has 0 radical (unpaired) electrons. The van der Waals surface area contributed by atoms with E-state index < -0.39 is 11.5 Å². The van der Waals surface area contributed by atoms with Gasteiger partial charge in [-0.3, -0.25) is 4.68 Å². The zero-order chi connectivity index (χ0) is 12.6. The molecule has 92 valence electrons. The lowest BCUT2D eigenvalue weighted by atomic mass is 9.76. The number of hydrogen-bond acceptors (Lipinski definition) is 2. The molecule has 1 atom stereocenters. The van der Waals surface area contributed by atoms with Crippen LogP contribution in [0.25, 0.3) is 0 Å². The van der Waals surface area contributed by atoms with E-state index in [1.165, 1.54) is 0 Å². The first-order valence-electron chi connectivity index (χ1n) is 6.07. The van der Waals surface area contributed by atoms with Crippen molar-refractivity contribution in [3.8, 4) is 0 Å². The second kappa shape index (κ2) is 3.98. The highest BCUT2D eigenvalue weighted by molar-refractivity contribution is 5.82. The Morgan fingerprint density at radius 3 is 2.89 bits per heavy atom. The summed E-state index contributed by atoms with van der Waals surface area (Å²) >= 11 is 0. The number of rotatable bonds is 2. The van der Waals surface area contributed by atoms with Crippen molar-refractivity contribution in [2.24, 2.45) is 0 Å². The molecule has 1 aliphatic carbocycles. The number of hydrogen-bond donors (Lipinski definition) is 1. The molecule has 2 aromatic rings. The van der Waals surface area contributed by atoms with E-state index in [2.05, 4.69) is 5.10 Å². The number of benzene rings is 1. The van der Waals surface area contributed by atoms with Crippen LogP contribution < -0.4 is 0 Å².